The third-order valence-corrected chi connectivity index (χ3v) is 5.55. The van der Waals surface area contributed by atoms with Crippen molar-refractivity contribution in [3.05, 3.63) is 35.9 Å². The molecule has 0 N–H and O–H groups in total. The van der Waals surface area contributed by atoms with Crippen LogP contribution in [0.25, 0.3) is 0 Å². The lowest BCUT2D eigenvalue weighted by atomic mass is 10.0. The van der Waals surface area contributed by atoms with Gasteiger partial charge in [0.1, 0.15) is 0 Å². The summed E-state index contributed by atoms with van der Waals surface area (Å²) in [6.45, 7) is 3.99. The zero-order valence-electron chi connectivity index (χ0n) is 13.3. The fraction of sp³-hybridized carbons (Fsp3) is 0.684. The highest BCUT2D eigenvalue weighted by Crippen LogP contribution is 2.49. The molecule has 0 radical (unpaired) electrons. The Balaban J connectivity index is 1.36. The molecule has 4 rings (SSSR count). The van der Waals surface area contributed by atoms with Crippen molar-refractivity contribution in [1.82, 2.24) is 4.90 Å². The molecule has 1 aliphatic carbocycles. The van der Waals surface area contributed by atoms with E-state index in [1.54, 1.807) is 0 Å². The summed E-state index contributed by atoms with van der Waals surface area (Å²) >= 11 is 0. The molecule has 2 saturated heterocycles. The maximum absolute atomic E-state index is 6.12. The average Bonchev–Trinajstić information content (AvgIpc) is 3.35. The summed E-state index contributed by atoms with van der Waals surface area (Å²) in [5.41, 5.74) is 1.42. The molecule has 1 aromatic rings. The first-order chi connectivity index (χ1) is 10.9. The van der Waals surface area contributed by atoms with Gasteiger partial charge in [-0.15, -0.1) is 0 Å². The minimum atomic E-state index is 0.0476. The molecule has 1 saturated carbocycles. The molecule has 0 aromatic heterocycles. The minimum Gasteiger partial charge on any atom is -0.353 e. The van der Waals surface area contributed by atoms with Crippen LogP contribution in [0, 0.1) is 11.8 Å². The van der Waals surface area contributed by atoms with Crippen molar-refractivity contribution in [1.29, 1.82) is 0 Å². The predicted molar refractivity (Wildman–Crippen MR) is 86.4 cm³/mol. The van der Waals surface area contributed by atoms with Crippen LogP contribution in [0.4, 0.5) is 0 Å². The topological polar surface area (TPSA) is 21.7 Å². The lowest BCUT2D eigenvalue weighted by Gasteiger charge is -2.36. The van der Waals surface area contributed by atoms with Gasteiger partial charge < -0.3 is 9.47 Å². The second kappa shape index (κ2) is 6.69. The first-order valence-electron chi connectivity index (χ1n) is 8.91. The molecule has 120 valence electrons. The fourth-order valence-corrected chi connectivity index (χ4v) is 4.13. The standard InChI is InChI=1S/C19H27NO2/c1-2-6-15(7-3-1)13-20-10-9-16-12-17(16)18(20)14-22-19-8-4-5-11-21-19/h1-3,6-7,16-19H,4-5,8-14H2. The average molecular weight is 301 g/mol. The molecule has 4 atom stereocenters. The quantitative estimate of drug-likeness (QED) is 0.831. The number of piperidine rings is 1. The van der Waals surface area contributed by atoms with Gasteiger partial charge in [-0.25, -0.2) is 0 Å². The number of hydrogen-bond acceptors (Lipinski definition) is 3. The molecular formula is C19H27NO2. The third-order valence-electron chi connectivity index (χ3n) is 5.55. The Morgan fingerprint density at radius 3 is 2.86 bits per heavy atom. The Hall–Kier alpha value is -0.900. The maximum Gasteiger partial charge on any atom is 0.157 e. The van der Waals surface area contributed by atoms with Gasteiger partial charge in [-0.2, -0.15) is 0 Å². The van der Waals surface area contributed by atoms with Crippen molar-refractivity contribution in [3.63, 3.8) is 0 Å². The van der Waals surface area contributed by atoms with Crippen LogP contribution in [0.15, 0.2) is 30.3 Å². The van der Waals surface area contributed by atoms with Crippen molar-refractivity contribution < 1.29 is 9.47 Å². The van der Waals surface area contributed by atoms with E-state index < -0.39 is 0 Å². The normalized spacial score (nSPS) is 35.1. The lowest BCUT2D eigenvalue weighted by molar-refractivity contribution is -0.173. The van der Waals surface area contributed by atoms with Crippen LogP contribution in [-0.4, -0.2) is 37.0 Å². The van der Waals surface area contributed by atoms with Crippen molar-refractivity contribution in [2.24, 2.45) is 11.8 Å². The molecule has 3 nitrogen and oxygen atoms in total. The maximum atomic E-state index is 6.12. The monoisotopic (exact) mass is 301 g/mol. The summed E-state index contributed by atoms with van der Waals surface area (Å²) < 4.78 is 11.9. The van der Waals surface area contributed by atoms with E-state index in [0.717, 1.165) is 38.0 Å². The second-order valence-corrected chi connectivity index (χ2v) is 7.10. The van der Waals surface area contributed by atoms with E-state index in [1.807, 2.05) is 0 Å². The van der Waals surface area contributed by atoms with Crippen LogP contribution in [0.5, 0.6) is 0 Å². The van der Waals surface area contributed by atoms with E-state index in [9.17, 15) is 0 Å². The van der Waals surface area contributed by atoms with Gasteiger partial charge in [0, 0.05) is 19.2 Å². The molecule has 0 bridgehead atoms. The molecule has 3 fully saturated rings. The molecule has 2 heterocycles. The van der Waals surface area contributed by atoms with Crippen molar-refractivity contribution in [3.8, 4) is 0 Å². The van der Waals surface area contributed by atoms with Gasteiger partial charge in [0.05, 0.1) is 6.61 Å². The summed E-state index contributed by atoms with van der Waals surface area (Å²) in [7, 11) is 0. The van der Waals surface area contributed by atoms with Crippen LogP contribution in [0.1, 0.15) is 37.7 Å². The number of hydrogen-bond donors (Lipinski definition) is 0. The van der Waals surface area contributed by atoms with Gasteiger partial charge >= 0.3 is 0 Å². The van der Waals surface area contributed by atoms with Crippen LogP contribution in [-0.2, 0) is 16.0 Å². The number of fused-ring (bicyclic) bond motifs is 1. The van der Waals surface area contributed by atoms with E-state index in [0.29, 0.717) is 6.04 Å². The first-order valence-corrected chi connectivity index (χ1v) is 8.91. The zero-order valence-corrected chi connectivity index (χ0v) is 13.3. The van der Waals surface area contributed by atoms with Crippen molar-refractivity contribution in [2.45, 2.75) is 51.0 Å². The molecule has 22 heavy (non-hydrogen) atoms. The van der Waals surface area contributed by atoms with Crippen molar-refractivity contribution >= 4 is 0 Å². The summed E-state index contributed by atoms with van der Waals surface area (Å²) in [6.07, 6.45) is 6.33. The van der Waals surface area contributed by atoms with Gasteiger partial charge in [0.25, 0.3) is 0 Å². The van der Waals surface area contributed by atoms with E-state index in [2.05, 4.69) is 35.2 Å². The minimum absolute atomic E-state index is 0.0476. The Morgan fingerprint density at radius 2 is 2.05 bits per heavy atom. The van der Waals surface area contributed by atoms with E-state index >= 15 is 0 Å². The van der Waals surface area contributed by atoms with Gasteiger partial charge in [0.2, 0.25) is 0 Å². The molecule has 0 amide bonds. The van der Waals surface area contributed by atoms with Gasteiger partial charge in [-0.1, -0.05) is 30.3 Å². The molecule has 0 spiro atoms. The highest BCUT2D eigenvalue weighted by Gasteiger charge is 2.48. The molecule has 3 heteroatoms. The van der Waals surface area contributed by atoms with Crippen LogP contribution in [0.3, 0.4) is 0 Å². The largest absolute Gasteiger partial charge is 0.353 e. The Bertz CT molecular complexity index is 472. The second-order valence-electron chi connectivity index (χ2n) is 7.10. The Morgan fingerprint density at radius 1 is 1.14 bits per heavy atom. The number of likely N-dealkylation sites (tertiary alicyclic amines) is 1. The van der Waals surface area contributed by atoms with Crippen LogP contribution < -0.4 is 0 Å². The number of rotatable bonds is 5. The van der Waals surface area contributed by atoms with E-state index in [4.69, 9.17) is 9.47 Å². The lowest BCUT2D eigenvalue weighted by Crippen LogP contribution is -2.44. The predicted octanol–water partition coefficient (Wildman–Crippen LogP) is 3.44. The molecule has 3 aliphatic rings. The highest BCUT2D eigenvalue weighted by atomic mass is 16.7. The molecular weight excluding hydrogens is 274 g/mol. The summed E-state index contributed by atoms with van der Waals surface area (Å²) in [5, 5.41) is 0. The summed E-state index contributed by atoms with van der Waals surface area (Å²) in [6, 6.07) is 11.4. The van der Waals surface area contributed by atoms with Gasteiger partial charge in [-0.05, 0) is 56.0 Å². The van der Waals surface area contributed by atoms with Crippen LogP contribution >= 0.6 is 0 Å². The summed E-state index contributed by atoms with van der Waals surface area (Å²) in [5.74, 6) is 1.83. The van der Waals surface area contributed by atoms with Gasteiger partial charge in [0.15, 0.2) is 6.29 Å². The van der Waals surface area contributed by atoms with Gasteiger partial charge in [-0.3, -0.25) is 4.90 Å². The molecule has 4 unspecified atom stereocenters. The van der Waals surface area contributed by atoms with E-state index in [-0.39, 0.29) is 6.29 Å². The Kier molecular flexibility index (Phi) is 4.47. The number of ether oxygens (including phenoxy) is 2. The first kappa shape index (κ1) is 14.7. The van der Waals surface area contributed by atoms with Crippen LogP contribution in [0.2, 0.25) is 0 Å². The Labute approximate surface area is 133 Å². The zero-order chi connectivity index (χ0) is 14.8. The smallest absolute Gasteiger partial charge is 0.157 e. The molecule has 1 aromatic carbocycles. The highest BCUT2D eigenvalue weighted by molar-refractivity contribution is 5.15. The summed E-state index contributed by atoms with van der Waals surface area (Å²) in [4.78, 5) is 2.65. The number of benzene rings is 1. The van der Waals surface area contributed by atoms with Crippen molar-refractivity contribution in [2.75, 3.05) is 19.8 Å². The fourth-order valence-electron chi connectivity index (χ4n) is 4.13. The molecule has 2 aliphatic heterocycles. The number of nitrogens with zero attached hydrogens (tertiary/aromatic N) is 1. The van der Waals surface area contributed by atoms with E-state index in [1.165, 1.54) is 37.8 Å². The third kappa shape index (κ3) is 3.37. The SMILES string of the molecule is c1ccc(CN2CCC3CC3C2COC2CCCCO2)cc1.